The van der Waals surface area contributed by atoms with Crippen molar-refractivity contribution in [2.45, 2.75) is 26.1 Å². The van der Waals surface area contributed by atoms with Gasteiger partial charge in [0.25, 0.3) is 0 Å². The van der Waals surface area contributed by atoms with E-state index < -0.39 is 0 Å². The highest BCUT2D eigenvalue weighted by Gasteiger charge is 2.07. The van der Waals surface area contributed by atoms with Crippen molar-refractivity contribution in [3.05, 3.63) is 71.8 Å². The second-order valence-corrected chi connectivity index (χ2v) is 5.25. The quantitative estimate of drug-likeness (QED) is 0.570. The Balaban J connectivity index is 1.62. The minimum atomic E-state index is -0.269. The Hall–Kier alpha value is -2.20. The number of rotatable bonds is 7. The molecule has 0 heterocycles. The van der Waals surface area contributed by atoms with E-state index in [1.165, 1.54) is 0 Å². The van der Waals surface area contributed by atoms with Gasteiger partial charge in [-0.05, 0) is 23.3 Å². The van der Waals surface area contributed by atoms with Crippen LogP contribution in [0.1, 0.15) is 24.0 Å². The molecule has 2 aromatic carbocycles. The van der Waals surface area contributed by atoms with Crippen molar-refractivity contribution in [3.8, 4) is 0 Å². The van der Waals surface area contributed by atoms with E-state index in [1.54, 1.807) is 0 Å². The highest BCUT2D eigenvalue weighted by atomic mass is 32.1. The van der Waals surface area contributed by atoms with Gasteiger partial charge in [-0.3, -0.25) is 4.79 Å². The predicted molar refractivity (Wildman–Crippen MR) is 89.3 cm³/mol. The average molecular weight is 314 g/mol. The zero-order chi connectivity index (χ0) is 15.6. The largest absolute Gasteiger partial charge is 0.482 e. The Morgan fingerprint density at radius 3 is 1.82 bits per heavy atom. The molecule has 0 spiro atoms. The van der Waals surface area contributed by atoms with Gasteiger partial charge in [-0.25, -0.2) is 0 Å². The third-order valence-corrected chi connectivity index (χ3v) is 3.34. The molecule has 0 radical (unpaired) electrons. The van der Waals surface area contributed by atoms with Crippen LogP contribution in [0.5, 0.6) is 0 Å². The van der Waals surface area contributed by atoms with Gasteiger partial charge >= 0.3 is 5.97 Å². The Labute approximate surface area is 135 Å². The first-order chi connectivity index (χ1) is 10.7. The lowest BCUT2D eigenvalue weighted by atomic mass is 10.2. The maximum absolute atomic E-state index is 11.7. The molecule has 0 saturated heterocycles. The van der Waals surface area contributed by atoms with Crippen molar-refractivity contribution in [2.24, 2.45) is 0 Å². The minimum absolute atomic E-state index is 0.237. The topological polar surface area (TPSA) is 35.5 Å². The standard InChI is InChI=1S/C18H18O3S/c19-17(20-13-15-7-3-1-4-8-15)11-12-18(22)21-14-16-9-5-2-6-10-16/h1-10H,11-14H2. The molecular weight excluding hydrogens is 296 g/mol. The molecule has 0 bridgehead atoms. The minimum Gasteiger partial charge on any atom is -0.482 e. The van der Waals surface area contributed by atoms with E-state index in [9.17, 15) is 4.79 Å². The Kier molecular flexibility index (Phi) is 6.58. The first-order valence-corrected chi connectivity index (χ1v) is 7.54. The van der Waals surface area contributed by atoms with E-state index in [0.29, 0.717) is 18.1 Å². The summed E-state index contributed by atoms with van der Waals surface area (Å²) >= 11 is 5.12. The van der Waals surface area contributed by atoms with Gasteiger partial charge in [0.1, 0.15) is 13.2 Å². The van der Waals surface area contributed by atoms with Gasteiger partial charge < -0.3 is 9.47 Å². The Bertz CT molecular complexity index is 541. The predicted octanol–water partition coefficient (Wildman–Crippen LogP) is 4.05. The Morgan fingerprint density at radius 1 is 0.773 bits per heavy atom. The molecule has 0 unspecified atom stereocenters. The van der Waals surface area contributed by atoms with Crippen molar-refractivity contribution in [1.82, 2.24) is 0 Å². The number of thiocarbonyl (C=S) groups is 1. The number of carbonyl (C=O) groups excluding carboxylic acids is 1. The van der Waals surface area contributed by atoms with Crippen LogP contribution in [0.2, 0.25) is 0 Å². The lowest BCUT2D eigenvalue weighted by Gasteiger charge is -2.08. The maximum Gasteiger partial charge on any atom is 0.306 e. The summed E-state index contributed by atoms with van der Waals surface area (Å²) in [6, 6.07) is 19.4. The van der Waals surface area contributed by atoms with Crippen LogP contribution in [0.3, 0.4) is 0 Å². The first kappa shape index (κ1) is 16.2. The highest BCUT2D eigenvalue weighted by Crippen LogP contribution is 2.06. The second kappa shape index (κ2) is 8.95. The van der Waals surface area contributed by atoms with Crippen molar-refractivity contribution >= 4 is 23.2 Å². The van der Waals surface area contributed by atoms with Crippen LogP contribution in [0, 0.1) is 0 Å². The molecule has 0 N–H and O–H groups in total. The van der Waals surface area contributed by atoms with Crippen molar-refractivity contribution in [1.29, 1.82) is 0 Å². The van der Waals surface area contributed by atoms with E-state index in [2.05, 4.69) is 0 Å². The van der Waals surface area contributed by atoms with Crippen molar-refractivity contribution in [3.63, 3.8) is 0 Å². The van der Waals surface area contributed by atoms with E-state index >= 15 is 0 Å². The summed E-state index contributed by atoms with van der Waals surface area (Å²) in [4.78, 5) is 11.7. The number of carbonyl (C=O) groups is 1. The van der Waals surface area contributed by atoms with E-state index in [0.717, 1.165) is 11.1 Å². The normalized spacial score (nSPS) is 10.0. The molecule has 0 amide bonds. The van der Waals surface area contributed by atoms with Gasteiger partial charge in [-0.15, -0.1) is 0 Å². The van der Waals surface area contributed by atoms with Gasteiger partial charge in [0.2, 0.25) is 0 Å². The molecule has 22 heavy (non-hydrogen) atoms. The van der Waals surface area contributed by atoms with Crippen molar-refractivity contribution in [2.75, 3.05) is 0 Å². The van der Waals surface area contributed by atoms with Gasteiger partial charge in [0.15, 0.2) is 5.05 Å². The number of esters is 1. The highest BCUT2D eigenvalue weighted by molar-refractivity contribution is 7.80. The summed E-state index contributed by atoms with van der Waals surface area (Å²) in [5, 5.41) is 0.431. The van der Waals surface area contributed by atoms with Gasteiger partial charge in [-0.2, -0.15) is 0 Å². The van der Waals surface area contributed by atoms with Crippen LogP contribution in [0.15, 0.2) is 60.7 Å². The molecule has 0 aliphatic rings. The molecule has 0 fully saturated rings. The molecule has 0 saturated carbocycles. The molecule has 0 atom stereocenters. The summed E-state index contributed by atoms with van der Waals surface area (Å²) in [6.07, 6.45) is 0.635. The molecule has 0 aliphatic heterocycles. The smallest absolute Gasteiger partial charge is 0.306 e. The lowest BCUT2D eigenvalue weighted by Crippen LogP contribution is -2.09. The Morgan fingerprint density at radius 2 is 1.27 bits per heavy atom. The molecule has 0 aliphatic carbocycles. The maximum atomic E-state index is 11.7. The van der Waals surface area contributed by atoms with E-state index in [-0.39, 0.29) is 19.0 Å². The van der Waals surface area contributed by atoms with Crippen LogP contribution < -0.4 is 0 Å². The lowest BCUT2D eigenvalue weighted by molar-refractivity contribution is -0.144. The number of benzene rings is 2. The summed E-state index contributed by atoms with van der Waals surface area (Å²) < 4.78 is 10.7. The van der Waals surface area contributed by atoms with Crippen LogP contribution in [-0.4, -0.2) is 11.0 Å². The van der Waals surface area contributed by atoms with Crippen LogP contribution in [0.25, 0.3) is 0 Å². The SMILES string of the molecule is O=C(CCC(=S)OCc1ccccc1)OCc1ccccc1. The zero-order valence-corrected chi connectivity index (χ0v) is 13.1. The zero-order valence-electron chi connectivity index (χ0n) is 12.2. The number of ether oxygens (including phenoxy) is 2. The van der Waals surface area contributed by atoms with E-state index in [1.807, 2.05) is 60.7 Å². The number of hydrogen-bond acceptors (Lipinski definition) is 4. The van der Waals surface area contributed by atoms with E-state index in [4.69, 9.17) is 21.7 Å². The van der Waals surface area contributed by atoms with Gasteiger partial charge in [0.05, 0.1) is 6.42 Å². The molecule has 114 valence electrons. The summed E-state index contributed by atoms with van der Waals surface area (Å²) in [5.74, 6) is -0.269. The molecular formula is C18H18O3S. The first-order valence-electron chi connectivity index (χ1n) is 7.13. The van der Waals surface area contributed by atoms with Gasteiger partial charge in [-0.1, -0.05) is 60.7 Å². The fourth-order valence-electron chi connectivity index (χ4n) is 1.82. The molecule has 2 aromatic rings. The summed E-state index contributed by atoms with van der Waals surface area (Å²) in [5.41, 5.74) is 2.02. The fourth-order valence-corrected chi connectivity index (χ4v) is 1.99. The van der Waals surface area contributed by atoms with Crippen LogP contribution >= 0.6 is 12.2 Å². The monoisotopic (exact) mass is 314 g/mol. The second-order valence-electron chi connectivity index (χ2n) is 4.79. The summed E-state index contributed by atoms with van der Waals surface area (Å²) in [7, 11) is 0. The van der Waals surface area contributed by atoms with Crippen LogP contribution in [0.4, 0.5) is 0 Å². The van der Waals surface area contributed by atoms with Gasteiger partial charge in [0, 0.05) is 6.42 Å². The summed E-state index contributed by atoms with van der Waals surface area (Å²) in [6.45, 7) is 0.718. The van der Waals surface area contributed by atoms with Crippen LogP contribution in [-0.2, 0) is 27.5 Å². The average Bonchev–Trinajstić information content (AvgIpc) is 2.58. The molecule has 2 rings (SSSR count). The number of hydrogen-bond donors (Lipinski definition) is 0. The molecule has 4 heteroatoms. The molecule has 3 nitrogen and oxygen atoms in total. The van der Waals surface area contributed by atoms with Crippen molar-refractivity contribution < 1.29 is 14.3 Å². The third kappa shape index (κ3) is 6.06. The third-order valence-electron chi connectivity index (χ3n) is 3.02. The molecule has 0 aromatic heterocycles. The fraction of sp³-hybridized carbons (Fsp3) is 0.222.